The molecule has 1 atom stereocenters. The van der Waals surface area contributed by atoms with Crippen molar-refractivity contribution in [1.29, 1.82) is 0 Å². The first-order valence-electron chi connectivity index (χ1n) is 7.10. The summed E-state index contributed by atoms with van der Waals surface area (Å²) in [5.41, 5.74) is 0.0620. The van der Waals surface area contributed by atoms with Crippen LogP contribution < -0.4 is 5.32 Å². The molecule has 0 spiro atoms. The highest BCUT2D eigenvalue weighted by Crippen LogP contribution is 2.39. The van der Waals surface area contributed by atoms with Crippen molar-refractivity contribution in [3.63, 3.8) is 0 Å². The van der Waals surface area contributed by atoms with E-state index in [4.69, 9.17) is 0 Å². The van der Waals surface area contributed by atoms with Crippen LogP contribution >= 0.6 is 11.8 Å². The third-order valence-electron chi connectivity index (χ3n) is 3.40. The van der Waals surface area contributed by atoms with Crippen LogP contribution in [0.25, 0.3) is 0 Å². The van der Waals surface area contributed by atoms with E-state index in [1.165, 1.54) is 23.9 Å². The van der Waals surface area contributed by atoms with Gasteiger partial charge >= 0.3 is 6.18 Å². The number of alkyl halides is 3. The van der Waals surface area contributed by atoms with Crippen molar-refractivity contribution >= 4 is 17.7 Å². The first-order chi connectivity index (χ1) is 10.3. The Morgan fingerprint density at radius 1 is 1.32 bits per heavy atom. The number of rotatable bonds is 5. The first-order valence-corrected chi connectivity index (χ1v) is 8.15. The number of hydrogen-bond acceptors (Lipinski definition) is 3. The highest BCUT2D eigenvalue weighted by Gasteiger charge is 2.34. The Bertz CT molecular complexity index is 517. The van der Waals surface area contributed by atoms with Crippen molar-refractivity contribution in [2.75, 3.05) is 18.8 Å². The number of halogens is 3. The molecule has 0 bridgehead atoms. The predicted molar refractivity (Wildman–Crippen MR) is 81.5 cm³/mol. The van der Waals surface area contributed by atoms with Crippen LogP contribution in [0.3, 0.4) is 0 Å². The zero-order chi connectivity index (χ0) is 16.3. The van der Waals surface area contributed by atoms with Gasteiger partial charge in [-0.15, -0.1) is 11.8 Å². The van der Waals surface area contributed by atoms with Crippen molar-refractivity contribution in [2.24, 2.45) is 0 Å². The molecule has 1 heterocycles. The third kappa shape index (κ3) is 4.16. The van der Waals surface area contributed by atoms with E-state index < -0.39 is 11.7 Å². The molecule has 0 aliphatic carbocycles. The second kappa shape index (κ2) is 6.91. The summed E-state index contributed by atoms with van der Waals surface area (Å²) in [4.78, 5) is 13.7. The number of hydrogen-bond donors (Lipinski definition) is 1. The van der Waals surface area contributed by atoms with Gasteiger partial charge in [-0.25, -0.2) is 0 Å². The molecule has 1 unspecified atom stereocenters. The first kappa shape index (κ1) is 17.1. The fourth-order valence-electron chi connectivity index (χ4n) is 2.28. The average molecular weight is 332 g/mol. The number of carbonyl (C=O) groups excluding carboxylic acids is 1. The Morgan fingerprint density at radius 2 is 1.95 bits per heavy atom. The van der Waals surface area contributed by atoms with Crippen molar-refractivity contribution in [3.05, 3.63) is 35.4 Å². The minimum absolute atomic E-state index is 0.0282. The van der Waals surface area contributed by atoms with Crippen LogP contribution in [-0.2, 0) is 11.0 Å². The molecule has 0 saturated carbocycles. The zero-order valence-electron chi connectivity index (χ0n) is 12.5. The summed E-state index contributed by atoms with van der Waals surface area (Å²) in [6.07, 6.45) is -4.34. The lowest BCUT2D eigenvalue weighted by Gasteiger charge is -2.25. The standard InChI is InChI=1S/C15H19F3N2OS/c1-10(2)19-7-8-20-13(21)9-22-14(20)11-3-5-12(6-4-11)15(16,17)18/h3-6,10,14,19H,7-9H2,1-2H3. The number of nitrogens with zero attached hydrogens (tertiary/aromatic N) is 1. The largest absolute Gasteiger partial charge is 0.416 e. The van der Waals surface area contributed by atoms with E-state index in [0.29, 0.717) is 24.9 Å². The number of benzene rings is 1. The Balaban J connectivity index is 2.07. The second-order valence-corrected chi connectivity index (χ2v) is 6.55. The molecule has 1 aromatic carbocycles. The van der Waals surface area contributed by atoms with Crippen LogP contribution in [-0.4, -0.2) is 35.7 Å². The molecule has 122 valence electrons. The predicted octanol–water partition coefficient (Wildman–Crippen LogP) is 3.28. The molecule has 7 heteroatoms. The quantitative estimate of drug-likeness (QED) is 0.898. The third-order valence-corrected chi connectivity index (χ3v) is 4.65. The van der Waals surface area contributed by atoms with Gasteiger partial charge in [0, 0.05) is 19.1 Å². The van der Waals surface area contributed by atoms with Gasteiger partial charge in [0.2, 0.25) is 5.91 Å². The molecular formula is C15H19F3N2OS. The minimum atomic E-state index is -4.34. The molecule has 0 radical (unpaired) electrons. The number of thioether (sulfide) groups is 1. The van der Waals surface area contributed by atoms with Gasteiger partial charge in [0.15, 0.2) is 0 Å². The van der Waals surface area contributed by atoms with Crippen LogP contribution in [0.4, 0.5) is 13.2 Å². The van der Waals surface area contributed by atoms with E-state index in [-0.39, 0.29) is 11.3 Å². The van der Waals surface area contributed by atoms with Gasteiger partial charge in [-0.05, 0) is 17.7 Å². The van der Waals surface area contributed by atoms with Gasteiger partial charge in [-0.1, -0.05) is 26.0 Å². The van der Waals surface area contributed by atoms with E-state index in [1.54, 1.807) is 4.90 Å². The SMILES string of the molecule is CC(C)NCCN1C(=O)CSC1c1ccc(C(F)(F)F)cc1. The number of carbonyl (C=O) groups is 1. The summed E-state index contributed by atoms with van der Waals surface area (Å²) in [7, 11) is 0. The van der Waals surface area contributed by atoms with Gasteiger partial charge in [-0.3, -0.25) is 4.79 Å². The second-order valence-electron chi connectivity index (χ2n) is 5.48. The molecule has 0 aromatic heterocycles. The van der Waals surface area contributed by atoms with E-state index in [9.17, 15) is 18.0 Å². The average Bonchev–Trinajstić information content (AvgIpc) is 2.79. The van der Waals surface area contributed by atoms with Crippen LogP contribution in [0.5, 0.6) is 0 Å². The molecule has 1 aliphatic rings. The maximum absolute atomic E-state index is 12.6. The van der Waals surface area contributed by atoms with E-state index >= 15 is 0 Å². The van der Waals surface area contributed by atoms with E-state index in [2.05, 4.69) is 5.32 Å². The smallest absolute Gasteiger partial charge is 0.325 e. The summed E-state index contributed by atoms with van der Waals surface area (Å²) >= 11 is 1.45. The summed E-state index contributed by atoms with van der Waals surface area (Å²) in [5.74, 6) is 0.397. The van der Waals surface area contributed by atoms with Crippen molar-refractivity contribution < 1.29 is 18.0 Å². The summed E-state index contributed by atoms with van der Waals surface area (Å²) in [6.45, 7) is 5.26. The van der Waals surface area contributed by atoms with Crippen LogP contribution in [0, 0.1) is 0 Å². The Hall–Kier alpha value is -1.21. The van der Waals surface area contributed by atoms with Crippen molar-refractivity contribution in [3.8, 4) is 0 Å². The lowest BCUT2D eigenvalue weighted by Crippen LogP contribution is -2.37. The van der Waals surface area contributed by atoms with Gasteiger partial charge in [0.25, 0.3) is 0 Å². The molecule has 1 saturated heterocycles. The monoisotopic (exact) mass is 332 g/mol. The highest BCUT2D eigenvalue weighted by molar-refractivity contribution is 8.00. The lowest BCUT2D eigenvalue weighted by atomic mass is 10.1. The molecule has 1 amide bonds. The molecule has 2 rings (SSSR count). The van der Waals surface area contributed by atoms with Gasteiger partial charge in [-0.2, -0.15) is 13.2 Å². The molecule has 1 N–H and O–H groups in total. The Labute approximate surface area is 132 Å². The molecule has 1 aliphatic heterocycles. The van der Waals surface area contributed by atoms with E-state index in [0.717, 1.165) is 17.7 Å². The summed E-state index contributed by atoms with van der Waals surface area (Å²) in [6, 6.07) is 5.39. The highest BCUT2D eigenvalue weighted by atomic mass is 32.2. The van der Waals surface area contributed by atoms with E-state index in [1.807, 2.05) is 13.8 Å². The molecule has 1 fully saturated rings. The van der Waals surface area contributed by atoms with Crippen molar-refractivity contribution in [2.45, 2.75) is 31.4 Å². The van der Waals surface area contributed by atoms with Crippen LogP contribution in [0.15, 0.2) is 24.3 Å². The zero-order valence-corrected chi connectivity index (χ0v) is 13.3. The molecule has 3 nitrogen and oxygen atoms in total. The fraction of sp³-hybridized carbons (Fsp3) is 0.533. The van der Waals surface area contributed by atoms with Gasteiger partial charge < -0.3 is 10.2 Å². The van der Waals surface area contributed by atoms with Crippen molar-refractivity contribution in [1.82, 2.24) is 10.2 Å². The topological polar surface area (TPSA) is 32.3 Å². The number of nitrogens with one attached hydrogen (secondary N) is 1. The van der Waals surface area contributed by atoms with Gasteiger partial charge in [0.05, 0.1) is 11.3 Å². The molecular weight excluding hydrogens is 313 g/mol. The summed E-state index contributed by atoms with van der Waals surface area (Å²) in [5, 5.41) is 3.04. The Morgan fingerprint density at radius 3 is 2.50 bits per heavy atom. The lowest BCUT2D eigenvalue weighted by molar-refractivity contribution is -0.137. The maximum atomic E-state index is 12.6. The number of amides is 1. The summed E-state index contributed by atoms with van der Waals surface area (Å²) < 4.78 is 37.8. The molecule has 22 heavy (non-hydrogen) atoms. The fourth-order valence-corrected chi connectivity index (χ4v) is 3.50. The van der Waals surface area contributed by atoms with Crippen LogP contribution in [0.1, 0.15) is 30.3 Å². The normalized spacial score (nSPS) is 19.3. The molecule has 1 aromatic rings. The van der Waals surface area contributed by atoms with Gasteiger partial charge in [0.1, 0.15) is 5.37 Å². The minimum Gasteiger partial charge on any atom is -0.325 e. The maximum Gasteiger partial charge on any atom is 0.416 e. The van der Waals surface area contributed by atoms with Crippen LogP contribution in [0.2, 0.25) is 0 Å². The Kier molecular flexibility index (Phi) is 5.39.